The van der Waals surface area contributed by atoms with Gasteiger partial charge in [0.15, 0.2) is 0 Å². The zero-order valence-corrected chi connectivity index (χ0v) is 14.9. The van der Waals surface area contributed by atoms with Crippen molar-refractivity contribution in [1.82, 2.24) is 0 Å². The Bertz CT molecular complexity index is 407. The number of aliphatic hydroxyl groups is 2. The van der Waals surface area contributed by atoms with Gasteiger partial charge < -0.3 is 10.2 Å². The summed E-state index contributed by atoms with van der Waals surface area (Å²) in [6.07, 6.45) is 14.6. The van der Waals surface area contributed by atoms with Crippen molar-refractivity contribution >= 4 is 0 Å². The molecule has 126 valence electrons. The topological polar surface area (TPSA) is 40.5 Å². The largest absolute Gasteiger partial charge is 0.392 e. The van der Waals surface area contributed by atoms with Crippen LogP contribution >= 0.6 is 0 Å². The second-order valence-electron chi connectivity index (χ2n) is 6.20. The van der Waals surface area contributed by atoms with Gasteiger partial charge in [-0.3, -0.25) is 0 Å². The first kappa shape index (κ1) is 20.9. The molecule has 0 rings (SSSR count). The summed E-state index contributed by atoms with van der Waals surface area (Å²) in [5.41, 5.74) is 5.12. The molecule has 2 heteroatoms. The molecule has 22 heavy (non-hydrogen) atoms. The van der Waals surface area contributed by atoms with Crippen molar-refractivity contribution in [1.29, 1.82) is 0 Å². The smallest absolute Gasteiger partial charge is 0.0641 e. The molecule has 0 bridgehead atoms. The molecule has 0 amide bonds. The van der Waals surface area contributed by atoms with Crippen LogP contribution in [0.1, 0.15) is 66.2 Å². The Labute approximate surface area is 137 Å². The van der Waals surface area contributed by atoms with E-state index in [1.165, 1.54) is 16.7 Å². The van der Waals surface area contributed by atoms with Gasteiger partial charge in [-0.25, -0.2) is 0 Å². The highest BCUT2D eigenvalue weighted by Gasteiger charge is 1.96. The lowest BCUT2D eigenvalue weighted by atomic mass is 10.0. The minimum Gasteiger partial charge on any atom is -0.392 e. The van der Waals surface area contributed by atoms with Crippen LogP contribution in [0.25, 0.3) is 0 Å². The quantitative estimate of drug-likeness (QED) is 0.522. The highest BCUT2D eigenvalue weighted by atomic mass is 16.3. The lowest BCUT2D eigenvalue weighted by Gasteiger charge is -2.04. The van der Waals surface area contributed by atoms with Crippen LogP contribution in [0.5, 0.6) is 0 Å². The predicted octanol–water partition coefficient (Wildman–Crippen LogP) is 5.10. The molecular weight excluding hydrogens is 272 g/mol. The van der Waals surface area contributed by atoms with Crippen molar-refractivity contribution in [3.05, 3.63) is 46.6 Å². The SMILES string of the molecule is CC(C)=CCC/C(C)=C/CC/C(=C/CC/C(C)=C/CO)CO. The van der Waals surface area contributed by atoms with Crippen molar-refractivity contribution in [3.63, 3.8) is 0 Å². The van der Waals surface area contributed by atoms with Gasteiger partial charge in [0.2, 0.25) is 0 Å². The van der Waals surface area contributed by atoms with Gasteiger partial charge in [0.25, 0.3) is 0 Å². The Morgan fingerprint density at radius 2 is 1.23 bits per heavy atom. The average Bonchev–Trinajstić information content (AvgIpc) is 2.45. The van der Waals surface area contributed by atoms with E-state index in [0.717, 1.165) is 44.1 Å². The van der Waals surface area contributed by atoms with Gasteiger partial charge in [0, 0.05) is 0 Å². The average molecular weight is 306 g/mol. The Morgan fingerprint density at radius 1 is 0.682 bits per heavy atom. The summed E-state index contributed by atoms with van der Waals surface area (Å²) in [6, 6.07) is 0. The van der Waals surface area contributed by atoms with E-state index in [-0.39, 0.29) is 13.2 Å². The molecule has 0 spiro atoms. The Hall–Kier alpha value is -1.12. The molecule has 0 radical (unpaired) electrons. The Balaban J connectivity index is 4.12. The molecule has 0 heterocycles. The van der Waals surface area contributed by atoms with Crippen LogP contribution in [0.4, 0.5) is 0 Å². The lowest BCUT2D eigenvalue weighted by molar-refractivity contribution is 0.326. The summed E-state index contributed by atoms with van der Waals surface area (Å²) in [6.45, 7) is 8.74. The normalized spacial score (nSPS) is 13.5. The fraction of sp³-hybridized carbons (Fsp3) is 0.600. The summed E-state index contributed by atoms with van der Waals surface area (Å²) in [7, 11) is 0. The highest BCUT2D eigenvalue weighted by Crippen LogP contribution is 2.13. The van der Waals surface area contributed by atoms with Crippen LogP contribution in [0.2, 0.25) is 0 Å². The molecule has 0 atom stereocenters. The summed E-state index contributed by atoms with van der Waals surface area (Å²) >= 11 is 0. The summed E-state index contributed by atoms with van der Waals surface area (Å²) in [5, 5.41) is 18.2. The van der Waals surface area contributed by atoms with Crippen molar-refractivity contribution in [2.24, 2.45) is 0 Å². The number of aliphatic hydroxyl groups excluding tert-OH is 2. The predicted molar refractivity (Wildman–Crippen MR) is 96.9 cm³/mol. The minimum absolute atomic E-state index is 0.110. The molecule has 0 aliphatic heterocycles. The molecule has 2 N–H and O–H groups in total. The Morgan fingerprint density at radius 3 is 1.77 bits per heavy atom. The lowest BCUT2D eigenvalue weighted by Crippen LogP contribution is -1.91. The van der Waals surface area contributed by atoms with Crippen LogP contribution in [0.15, 0.2) is 46.6 Å². The molecule has 0 aliphatic carbocycles. The second-order valence-corrected chi connectivity index (χ2v) is 6.20. The van der Waals surface area contributed by atoms with E-state index < -0.39 is 0 Å². The maximum atomic E-state index is 9.41. The maximum absolute atomic E-state index is 9.41. The summed E-state index contributed by atoms with van der Waals surface area (Å²) < 4.78 is 0. The van der Waals surface area contributed by atoms with Gasteiger partial charge >= 0.3 is 0 Å². The Kier molecular flexibility index (Phi) is 12.8. The molecule has 0 saturated heterocycles. The third kappa shape index (κ3) is 12.6. The molecule has 0 aromatic carbocycles. The second kappa shape index (κ2) is 13.5. The summed E-state index contributed by atoms with van der Waals surface area (Å²) in [4.78, 5) is 0. The van der Waals surface area contributed by atoms with Gasteiger partial charge in [-0.2, -0.15) is 0 Å². The molecule has 0 aromatic heterocycles. The van der Waals surface area contributed by atoms with Crippen molar-refractivity contribution < 1.29 is 10.2 Å². The van der Waals surface area contributed by atoms with Gasteiger partial charge in [0.1, 0.15) is 0 Å². The third-order valence-electron chi connectivity index (χ3n) is 3.66. The first-order valence-corrected chi connectivity index (χ1v) is 8.33. The number of rotatable bonds is 11. The maximum Gasteiger partial charge on any atom is 0.0641 e. The van der Waals surface area contributed by atoms with Gasteiger partial charge in [-0.05, 0) is 71.8 Å². The van der Waals surface area contributed by atoms with Crippen molar-refractivity contribution in [2.75, 3.05) is 13.2 Å². The van der Waals surface area contributed by atoms with Crippen LogP contribution in [-0.2, 0) is 0 Å². The van der Waals surface area contributed by atoms with Crippen molar-refractivity contribution in [2.45, 2.75) is 66.2 Å². The highest BCUT2D eigenvalue weighted by molar-refractivity contribution is 5.08. The van der Waals surface area contributed by atoms with E-state index >= 15 is 0 Å². The molecule has 0 saturated carbocycles. The number of allylic oxidation sites excluding steroid dienone is 6. The van der Waals surface area contributed by atoms with Crippen LogP contribution in [-0.4, -0.2) is 23.4 Å². The van der Waals surface area contributed by atoms with E-state index in [1.807, 2.05) is 13.0 Å². The third-order valence-corrected chi connectivity index (χ3v) is 3.66. The fourth-order valence-corrected chi connectivity index (χ4v) is 2.20. The zero-order valence-electron chi connectivity index (χ0n) is 14.9. The van der Waals surface area contributed by atoms with E-state index in [2.05, 4.69) is 39.0 Å². The number of hydrogen-bond acceptors (Lipinski definition) is 2. The van der Waals surface area contributed by atoms with Crippen LogP contribution in [0.3, 0.4) is 0 Å². The van der Waals surface area contributed by atoms with Gasteiger partial charge in [-0.1, -0.05) is 41.0 Å². The van der Waals surface area contributed by atoms with Gasteiger partial charge in [-0.15, -0.1) is 0 Å². The summed E-state index contributed by atoms with van der Waals surface area (Å²) in [5.74, 6) is 0. The van der Waals surface area contributed by atoms with Gasteiger partial charge in [0.05, 0.1) is 13.2 Å². The van der Waals surface area contributed by atoms with Crippen molar-refractivity contribution in [3.8, 4) is 0 Å². The molecule has 0 aromatic rings. The monoisotopic (exact) mass is 306 g/mol. The molecule has 2 nitrogen and oxygen atoms in total. The fourth-order valence-electron chi connectivity index (χ4n) is 2.20. The van der Waals surface area contributed by atoms with Crippen LogP contribution in [0, 0.1) is 0 Å². The molecule has 0 fully saturated rings. The van der Waals surface area contributed by atoms with E-state index in [4.69, 9.17) is 5.11 Å². The van der Waals surface area contributed by atoms with E-state index in [1.54, 1.807) is 0 Å². The minimum atomic E-state index is 0.110. The molecular formula is C20H34O2. The molecule has 0 aliphatic rings. The first-order chi connectivity index (χ1) is 10.5. The number of hydrogen-bond donors (Lipinski definition) is 2. The standard InChI is InChI=1S/C20H34O2/c1-17(2)8-5-9-18(3)10-6-12-20(16-22)13-7-11-19(4)14-15-21/h8,10,13-14,21-22H,5-7,9,11-12,15-16H2,1-4H3/b18-10+,19-14+,20-13-. The van der Waals surface area contributed by atoms with Crippen LogP contribution < -0.4 is 0 Å². The molecule has 0 unspecified atom stereocenters. The van der Waals surface area contributed by atoms with E-state index in [0.29, 0.717) is 0 Å². The zero-order chi connectivity index (χ0) is 16.8. The van der Waals surface area contributed by atoms with E-state index in [9.17, 15) is 5.11 Å². The first-order valence-electron chi connectivity index (χ1n) is 8.33.